The van der Waals surface area contributed by atoms with Crippen LogP contribution in [0.15, 0.2) is 53.8 Å². The van der Waals surface area contributed by atoms with Gasteiger partial charge in [0.05, 0.1) is 22.7 Å². The number of benzene rings is 1. The van der Waals surface area contributed by atoms with Crippen molar-refractivity contribution in [3.8, 4) is 11.4 Å². The van der Waals surface area contributed by atoms with Gasteiger partial charge in [-0.25, -0.2) is 31.7 Å². The van der Waals surface area contributed by atoms with Gasteiger partial charge in [0.15, 0.2) is 17.3 Å². The highest BCUT2D eigenvalue weighted by atomic mass is 32.2. The summed E-state index contributed by atoms with van der Waals surface area (Å²) in [6.07, 6.45) is 8.03. The summed E-state index contributed by atoms with van der Waals surface area (Å²) < 4.78 is 43.4. The molecule has 7 rings (SSSR count). The molecule has 3 fully saturated rings. The van der Waals surface area contributed by atoms with Gasteiger partial charge in [0.1, 0.15) is 0 Å². The van der Waals surface area contributed by atoms with E-state index >= 15 is 4.39 Å². The molecule has 3 aliphatic rings. The minimum atomic E-state index is -3.99. The Morgan fingerprint density at radius 3 is 2.41 bits per heavy atom. The van der Waals surface area contributed by atoms with Gasteiger partial charge in [-0.3, -0.25) is 4.79 Å². The average Bonchev–Trinajstić information content (AvgIpc) is 3.30. The van der Waals surface area contributed by atoms with Crippen molar-refractivity contribution in [2.24, 2.45) is 23.7 Å². The van der Waals surface area contributed by atoms with Crippen LogP contribution < -0.4 is 0 Å². The molecule has 3 saturated carbocycles. The highest BCUT2D eigenvalue weighted by Gasteiger charge is 2.47. The third kappa shape index (κ3) is 4.40. The minimum absolute atomic E-state index is 0.112. The molecule has 8 nitrogen and oxygen atoms in total. The van der Waals surface area contributed by atoms with Gasteiger partial charge in [-0.15, -0.1) is 0 Å². The molecule has 0 amide bonds. The molecule has 0 aliphatic heterocycles. The summed E-state index contributed by atoms with van der Waals surface area (Å²) in [6, 6.07) is 8.37. The van der Waals surface area contributed by atoms with E-state index in [-0.39, 0.29) is 46.2 Å². The Morgan fingerprint density at radius 1 is 1.03 bits per heavy atom. The maximum Gasteiger partial charge on any atom is 0.307 e. The third-order valence-corrected chi connectivity index (χ3v) is 10.2. The van der Waals surface area contributed by atoms with Gasteiger partial charge in [0.2, 0.25) is 0 Å². The lowest BCUT2D eigenvalue weighted by Crippen LogP contribution is -2.45. The van der Waals surface area contributed by atoms with Crippen molar-refractivity contribution >= 4 is 27.0 Å². The lowest BCUT2D eigenvalue weighted by Gasteiger charge is -2.46. The average molecular weight is 549 g/mol. The highest BCUT2D eigenvalue weighted by Crippen LogP contribution is 2.50. The summed E-state index contributed by atoms with van der Waals surface area (Å²) in [5, 5.41) is 10.5. The van der Waals surface area contributed by atoms with E-state index in [1.54, 1.807) is 30.5 Å². The zero-order chi connectivity index (χ0) is 27.5. The number of pyridine rings is 1. The number of carboxylic acids is 1. The predicted octanol–water partition coefficient (Wildman–Crippen LogP) is 5.17. The molecule has 2 atom stereocenters. The van der Waals surface area contributed by atoms with Crippen molar-refractivity contribution in [2.75, 3.05) is 0 Å². The highest BCUT2D eigenvalue weighted by molar-refractivity contribution is 7.90. The number of halogens is 1. The van der Waals surface area contributed by atoms with E-state index in [2.05, 4.69) is 15.0 Å². The van der Waals surface area contributed by atoms with Crippen LogP contribution in [0.2, 0.25) is 0 Å². The molecule has 4 aromatic rings. The van der Waals surface area contributed by atoms with Gasteiger partial charge in [-0.2, -0.15) is 0 Å². The monoisotopic (exact) mass is 548 g/mol. The van der Waals surface area contributed by atoms with Gasteiger partial charge in [0.25, 0.3) is 10.0 Å². The van der Waals surface area contributed by atoms with Crippen LogP contribution in [0.5, 0.6) is 0 Å². The van der Waals surface area contributed by atoms with Crippen molar-refractivity contribution < 1.29 is 22.7 Å². The lowest BCUT2D eigenvalue weighted by molar-refractivity contribution is -0.152. The summed E-state index contributed by atoms with van der Waals surface area (Å²) in [4.78, 5) is 25.5. The Bertz CT molecular complexity index is 1690. The molecule has 0 radical (unpaired) electrons. The summed E-state index contributed by atoms with van der Waals surface area (Å²) >= 11 is 0. The zero-order valence-corrected chi connectivity index (χ0v) is 22.5. The first-order valence-electron chi connectivity index (χ1n) is 13.2. The second-order valence-corrected chi connectivity index (χ2v) is 12.8. The van der Waals surface area contributed by atoms with Crippen molar-refractivity contribution in [3.05, 3.63) is 71.6 Å². The van der Waals surface area contributed by atoms with Crippen LogP contribution in [0.1, 0.15) is 42.5 Å². The number of rotatable bonds is 6. The van der Waals surface area contributed by atoms with Gasteiger partial charge in [-0.05, 0) is 87.5 Å². The van der Waals surface area contributed by atoms with Gasteiger partial charge < -0.3 is 5.11 Å². The van der Waals surface area contributed by atoms with Crippen LogP contribution >= 0.6 is 0 Å². The van der Waals surface area contributed by atoms with E-state index in [9.17, 15) is 18.3 Å². The van der Waals surface area contributed by atoms with Gasteiger partial charge in [-0.1, -0.05) is 17.7 Å². The molecular formula is C29H29FN4O4S. The molecular weight excluding hydrogens is 519 g/mol. The molecule has 2 bridgehead atoms. The van der Waals surface area contributed by atoms with Crippen molar-refractivity contribution in [1.82, 2.24) is 18.9 Å². The molecule has 0 spiro atoms. The number of carboxylic acid groups (broad SMARTS) is 1. The summed E-state index contributed by atoms with van der Waals surface area (Å²) in [5.74, 6) is -1.61. The van der Waals surface area contributed by atoms with Crippen molar-refractivity contribution in [3.63, 3.8) is 0 Å². The molecule has 0 saturated heterocycles. The molecule has 202 valence electrons. The van der Waals surface area contributed by atoms with Crippen LogP contribution in [-0.2, 0) is 21.2 Å². The second kappa shape index (κ2) is 9.51. The van der Waals surface area contributed by atoms with E-state index in [1.807, 2.05) is 19.9 Å². The first kappa shape index (κ1) is 25.6. The predicted molar refractivity (Wildman–Crippen MR) is 143 cm³/mol. The Labute approximate surface area is 226 Å². The molecule has 3 aliphatic carbocycles. The zero-order valence-electron chi connectivity index (χ0n) is 21.7. The van der Waals surface area contributed by atoms with Crippen LogP contribution in [0.25, 0.3) is 22.4 Å². The van der Waals surface area contributed by atoms with Crippen LogP contribution in [0, 0.1) is 43.3 Å². The Kier molecular flexibility index (Phi) is 6.25. The molecule has 1 aromatic carbocycles. The Balaban J connectivity index is 1.44. The fraction of sp³-hybridized carbons (Fsp3) is 0.379. The molecule has 3 heterocycles. The maximum absolute atomic E-state index is 15.1. The first-order chi connectivity index (χ1) is 18.6. The van der Waals surface area contributed by atoms with E-state index in [0.717, 1.165) is 47.0 Å². The minimum Gasteiger partial charge on any atom is -0.481 e. The Morgan fingerprint density at radius 2 is 1.72 bits per heavy atom. The van der Waals surface area contributed by atoms with E-state index < -0.39 is 27.7 Å². The number of aryl methyl sites for hydroxylation is 2. The van der Waals surface area contributed by atoms with Gasteiger partial charge in [0, 0.05) is 23.3 Å². The molecule has 39 heavy (non-hydrogen) atoms. The third-order valence-electron chi connectivity index (χ3n) is 8.49. The summed E-state index contributed by atoms with van der Waals surface area (Å²) in [6.45, 7) is 3.73. The van der Waals surface area contributed by atoms with Gasteiger partial charge >= 0.3 is 5.97 Å². The smallest absolute Gasteiger partial charge is 0.307 e. The number of aromatic nitrogens is 4. The molecule has 1 unspecified atom stereocenters. The van der Waals surface area contributed by atoms with Crippen LogP contribution in [-0.4, -0.2) is 38.4 Å². The number of hydrogen-bond acceptors (Lipinski definition) is 6. The Hall–Kier alpha value is -3.66. The summed E-state index contributed by atoms with van der Waals surface area (Å²) in [7, 11) is -3.99. The number of nitrogens with zero attached hydrogens (tertiary/aromatic N) is 4. The van der Waals surface area contributed by atoms with E-state index in [1.165, 1.54) is 6.20 Å². The summed E-state index contributed by atoms with van der Waals surface area (Å²) in [5.41, 5.74) is 2.55. The largest absolute Gasteiger partial charge is 0.481 e. The molecule has 1 N–H and O–H groups in total. The fourth-order valence-electron chi connectivity index (χ4n) is 6.52. The fourth-order valence-corrected chi connectivity index (χ4v) is 7.85. The quantitative estimate of drug-likeness (QED) is 0.354. The van der Waals surface area contributed by atoms with E-state index in [4.69, 9.17) is 0 Å². The number of carbonyl (C=O) groups is 1. The van der Waals surface area contributed by atoms with Crippen LogP contribution in [0.4, 0.5) is 4.39 Å². The second-order valence-electron chi connectivity index (χ2n) is 10.9. The maximum atomic E-state index is 15.1. The first-order valence-corrected chi connectivity index (χ1v) is 14.6. The van der Waals surface area contributed by atoms with Crippen LogP contribution in [0.3, 0.4) is 0 Å². The number of aliphatic carboxylic acids is 1. The normalized spacial score (nSPS) is 22.8. The van der Waals surface area contributed by atoms with Crippen molar-refractivity contribution in [2.45, 2.75) is 50.8 Å². The molecule has 10 heteroatoms. The topological polar surface area (TPSA) is 115 Å². The molecule has 3 aromatic heterocycles. The number of hydrogen-bond donors (Lipinski definition) is 1. The van der Waals surface area contributed by atoms with E-state index in [0.29, 0.717) is 10.9 Å². The SMILES string of the molecule is Cc1ccc(S(=O)(=O)n2cc(-c3ncc(F)c(CC4C5CCC(CC5)[C@@H]4C(=O)O)n3)c3cc(C)cnc32)cc1. The van der Waals surface area contributed by atoms with Crippen molar-refractivity contribution in [1.29, 1.82) is 0 Å². The lowest BCUT2D eigenvalue weighted by atomic mass is 9.57. The number of fused-ring (bicyclic) bond motifs is 4. The standard InChI is InChI=1S/C29H29FN4O4S/c1-16-3-9-20(10-4-16)39(37,38)34-15-23(22-11-17(2)13-32-28(22)34)27-31-14-24(30)25(33-27)12-21-18-5-7-19(8-6-18)26(21)29(35)36/h3-4,9-11,13-15,18-19,21,26H,5-8,12H2,1-2H3,(H,35,36)/t18?,19?,21?,26-/m0/s1.